The zero-order valence-corrected chi connectivity index (χ0v) is 20.0. The standard InChI is InChI=1S/C25H22ClF2N3O5/c1-15(33)30-14-31(23(34)7-9-32)21-10-16(2-5-20(21)30)12-29-8-6-22(24(26)25(29)35)36-13-17-3-4-18(27)11-19(17)28/h2-6,8,10-11,32H,7,9,12-14H2,1H3. The predicted molar refractivity (Wildman–Crippen MR) is 129 cm³/mol. The molecule has 11 heteroatoms. The van der Waals surface area contributed by atoms with Crippen molar-refractivity contribution in [3.8, 4) is 5.75 Å². The Labute approximate surface area is 209 Å². The van der Waals surface area contributed by atoms with Gasteiger partial charge in [0.15, 0.2) is 0 Å². The number of nitrogens with zero attached hydrogens (tertiary/aromatic N) is 3. The summed E-state index contributed by atoms with van der Waals surface area (Å²) in [4.78, 5) is 40.2. The Kier molecular flexibility index (Phi) is 7.37. The number of ether oxygens (including phenoxy) is 1. The molecule has 0 bridgehead atoms. The summed E-state index contributed by atoms with van der Waals surface area (Å²) in [6.45, 7) is 0.985. The molecule has 2 aromatic carbocycles. The Morgan fingerprint density at radius 1 is 1.08 bits per heavy atom. The minimum atomic E-state index is -0.772. The maximum absolute atomic E-state index is 13.8. The van der Waals surface area contributed by atoms with Crippen molar-refractivity contribution < 1.29 is 28.2 Å². The second kappa shape index (κ2) is 10.5. The number of carbonyl (C=O) groups excluding carboxylic acids is 2. The molecule has 1 aromatic heterocycles. The number of pyridine rings is 1. The van der Waals surface area contributed by atoms with Gasteiger partial charge in [-0.1, -0.05) is 17.7 Å². The predicted octanol–water partition coefficient (Wildman–Crippen LogP) is 3.45. The first-order valence-electron chi connectivity index (χ1n) is 11.0. The molecular formula is C25H22ClF2N3O5. The van der Waals surface area contributed by atoms with Crippen LogP contribution in [0.1, 0.15) is 24.5 Å². The van der Waals surface area contributed by atoms with Crippen LogP contribution in [0, 0.1) is 11.6 Å². The van der Waals surface area contributed by atoms with Gasteiger partial charge in [-0.05, 0) is 35.9 Å². The highest BCUT2D eigenvalue weighted by Crippen LogP contribution is 2.37. The van der Waals surface area contributed by atoms with E-state index in [0.29, 0.717) is 16.9 Å². The number of aliphatic hydroxyl groups excluding tert-OH is 1. The van der Waals surface area contributed by atoms with Gasteiger partial charge in [-0.3, -0.25) is 24.2 Å². The third kappa shape index (κ3) is 5.09. The highest BCUT2D eigenvalue weighted by atomic mass is 35.5. The number of benzene rings is 2. The van der Waals surface area contributed by atoms with Crippen molar-refractivity contribution in [2.45, 2.75) is 26.5 Å². The lowest BCUT2D eigenvalue weighted by atomic mass is 10.1. The molecule has 0 radical (unpaired) electrons. The van der Waals surface area contributed by atoms with E-state index >= 15 is 0 Å². The van der Waals surface area contributed by atoms with Crippen LogP contribution < -0.4 is 20.1 Å². The summed E-state index contributed by atoms with van der Waals surface area (Å²) < 4.78 is 33.7. The minimum Gasteiger partial charge on any atom is -0.487 e. The van der Waals surface area contributed by atoms with Gasteiger partial charge in [0.25, 0.3) is 5.56 Å². The highest BCUT2D eigenvalue weighted by molar-refractivity contribution is 6.31. The molecule has 36 heavy (non-hydrogen) atoms. The van der Waals surface area contributed by atoms with E-state index in [0.717, 1.165) is 12.1 Å². The number of anilines is 2. The van der Waals surface area contributed by atoms with Crippen LogP contribution in [-0.2, 0) is 22.7 Å². The molecule has 4 rings (SSSR count). The number of carbonyl (C=O) groups is 2. The highest BCUT2D eigenvalue weighted by Gasteiger charge is 2.32. The molecule has 188 valence electrons. The van der Waals surface area contributed by atoms with Crippen LogP contribution in [0.2, 0.25) is 5.02 Å². The smallest absolute Gasteiger partial charge is 0.273 e. The largest absolute Gasteiger partial charge is 0.487 e. The van der Waals surface area contributed by atoms with Gasteiger partial charge in [0.1, 0.15) is 35.7 Å². The van der Waals surface area contributed by atoms with Gasteiger partial charge >= 0.3 is 0 Å². The summed E-state index contributed by atoms with van der Waals surface area (Å²) in [7, 11) is 0. The fraction of sp³-hybridized carbons (Fsp3) is 0.240. The molecule has 0 fully saturated rings. The first-order chi connectivity index (χ1) is 17.2. The number of amides is 2. The number of rotatable bonds is 7. The number of halogens is 3. The molecule has 0 saturated heterocycles. The molecular weight excluding hydrogens is 496 g/mol. The van der Waals surface area contributed by atoms with Crippen molar-refractivity contribution in [1.82, 2.24) is 4.57 Å². The molecule has 0 unspecified atom stereocenters. The Balaban J connectivity index is 1.56. The fourth-order valence-corrected chi connectivity index (χ4v) is 4.10. The molecule has 2 amide bonds. The molecule has 8 nitrogen and oxygen atoms in total. The molecule has 1 aliphatic rings. The second-order valence-electron chi connectivity index (χ2n) is 8.16. The lowest BCUT2D eigenvalue weighted by molar-refractivity contribution is -0.119. The SMILES string of the molecule is CC(=O)N1CN(C(=O)CCO)c2cc(Cn3ccc(OCc4ccc(F)cc4F)c(Cl)c3=O)ccc21. The van der Waals surface area contributed by atoms with Crippen LogP contribution in [-0.4, -0.2) is 34.8 Å². The molecule has 0 atom stereocenters. The summed E-state index contributed by atoms with van der Waals surface area (Å²) in [6, 6.07) is 9.68. The van der Waals surface area contributed by atoms with Gasteiger partial charge in [-0.2, -0.15) is 0 Å². The van der Waals surface area contributed by atoms with E-state index in [1.807, 2.05) is 0 Å². The lowest BCUT2D eigenvalue weighted by Gasteiger charge is -2.17. The molecule has 0 saturated carbocycles. The van der Waals surface area contributed by atoms with Gasteiger partial charge in [0.05, 0.1) is 30.9 Å². The molecule has 2 heterocycles. The number of fused-ring (bicyclic) bond motifs is 1. The summed E-state index contributed by atoms with van der Waals surface area (Å²) in [5.41, 5.74) is 1.28. The summed E-state index contributed by atoms with van der Waals surface area (Å²) in [6.07, 6.45) is 1.38. The van der Waals surface area contributed by atoms with Crippen molar-refractivity contribution in [3.63, 3.8) is 0 Å². The first-order valence-corrected chi connectivity index (χ1v) is 11.3. The Morgan fingerprint density at radius 3 is 2.56 bits per heavy atom. The van der Waals surface area contributed by atoms with Crippen LogP contribution in [0.5, 0.6) is 5.75 Å². The van der Waals surface area contributed by atoms with Crippen molar-refractivity contribution >= 4 is 34.8 Å². The average Bonchev–Trinajstić information content (AvgIpc) is 3.22. The maximum atomic E-state index is 13.8. The maximum Gasteiger partial charge on any atom is 0.273 e. The Bertz CT molecular complexity index is 1390. The van der Waals surface area contributed by atoms with E-state index in [2.05, 4.69) is 0 Å². The van der Waals surface area contributed by atoms with Crippen LogP contribution >= 0.6 is 11.6 Å². The van der Waals surface area contributed by atoms with E-state index in [4.69, 9.17) is 21.4 Å². The lowest BCUT2D eigenvalue weighted by Crippen LogP contribution is -2.37. The van der Waals surface area contributed by atoms with E-state index < -0.39 is 17.2 Å². The molecule has 3 aromatic rings. The third-order valence-electron chi connectivity index (χ3n) is 5.73. The fourth-order valence-electron chi connectivity index (χ4n) is 3.88. The first kappa shape index (κ1) is 25.3. The number of aliphatic hydroxyl groups is 1. The monoisotopic (exact) mass is 517 g/mol. The van der Waals surface area contributed by atoms with Crippen molar-refractivity contribution in [2.75, 3.05) is 23.1 Å². The second-order valence-corrected chi connectivity index (χ2v) is 8.54. The molecule has 0 aliphatic carbocycles. The van der Waals surface area contributed by atoms with Gasteiger partial charge in [0.2, 0.25) is 11.8 Å². The van der Waals surface area contributed by atoms with Crippen molar-refractivity contribution in [3.05, 3.63) is 86.8 Å². The minimum absolute atomic E-state index is 0.0411. The van der Waals surface area contributed by atoms with Crippen LogP contribution in [0.3, 0.4) is 0 Å². The Morgan fingerprint density at radius 2 is 1.86 bits per heavy atom. The van der Waals surface area contributed by atoms with E-state index in [-0.39, 0.29) is 61.0 Å². The number of aromatic nitrogens is 1. The average molecular weight is 518 g/mol. The third-order valence-corrected chi connectivity index (χ3v) is 6.08. The summed E-state index contributed by atoms with van der Waals surface area (Å²) >= 11 is 6.21. The van der Waals surface area contributed by atoms with Crippen molar-refractivity contribution in [1.29, 1.82) is 0 Å². The number of hydrogen-bond donors (Lipinski definition) is 1. The van der Waals surface area contributed by atoms with Crippen LogP contribution in [0.4, 0.5) is 20.2 Å². The zero-order valence-electron chi connectivity index (χ0n) is 19.2. The quantitative estimate of drug-likeness (QED) is 0.518. The molecule has 1 N–H and O–H groups in total. The normalized spacial score (nSPS) is 12.6. The van der Waals surface area contributed by atoms with E-state index in [1.54, 1.807) is 18.2 Å². The topological polar surface area (TPSA) is 92.1 Å². The zero-order chi connectivity index (χ0) is 26.0. The number of hydrogen-bond acceptors (Lipinski definition) is 5. The molecule has 1 aliphatic heterocycles. The Hall–Kier alpha value is -3.76. The van der Waals surface area contributed by atoms with Gasteiger partial charge in [-0.25, -0.2) is 8.78 Å². The summed E-state index contributed by atoms with van der Waals surface area (Å²) in [5, 5.41) is 8.95. The van der Waals surface area contributed by atoms with Gasteiger partial charge in [0, 0.05) is 24.8 Å². The molecule has 0 spiro atoms. The van der Waals surface area contributed by atoms with E-state index in [1.165, 1.54) is 39.6 Å². The van der Waals surface area contributed by atoms with Gasteiger partial charge < -0.3 is 14.4 Å². The summed E-state index contributed by atoms with van der Waals surface area (Å²) in [5.74, 6) is -2.00. The van der Waals surface area contributed by atoms with Crippen molar-refractivity contribution in [2.24, 2.45) is 0 Å². The van der Waals surface area contributed by atoms with Crippen LogP contribution in [0.15, 0.2) is 53.5 Å². The van der Waals surface area contributed by atoms with Gasteiger partial charge in [-0.15, -0.1) is 0 Å². The van der Waals surface area contributed by atoms with Crippen LogP contribution in [0.25, 0.3) is 0 Å². The van der Waals surface area contributed by atoms with E-state index in [9.17, 15) is 23.2 Å².